The number of carbonyl (C=O) groups is 1. The van der Waals surface area contributed by atoms with Gasteiger partial charge in [0.2, 0.25) is 5.91 Å². The van der Waals surface area contributed by atoms with Gasteiger partial charge in [0.25, 0.3) is 0 Å². The van der Waals surface area contributed by atoms with Crippen molar-refractivity contribution in [1.29, 1.82) is 0 Å². The summed E-state index contributed by atoms with van der Waals surface area (Å²) in [4.78, 5) is 16.7. The van der Waals surface area contributed by atoms with Crippen LogP contribution in [0.4, 0.5) is 4.39 Å². The number of hydrogen-bond acceptors (Lipinski definition) is 3. The minimum absolute atomic E-state index is 0.165. The molecule has 0 unspecified atom stereocenters. The number of benzene rings is 2. The molecule has 2 fully saturated rings. The van der Waals surface area contributed by atoms with E-state index in [0.717, 1.165) is 43.9 Å². The molecule has 0 aromatic heterocycles. The van der Waals surface area contributed by atoms with E-state index in [2.05, 4.69) is 21.9 Å². The number of likely N-dealkylation sites (tertiary alicyclic amines) is 2. The largest absolute Gasteiger partial charge is 0.497 e. The molecule has 4 rings (SSSR count). The van der Waals surface area contributed by atoms with Gasteiger partial charge in [-0.15, -0.1) is 0 Å². The van der Waals surface area contributed by atoms with Crippen molar-refractivity contribution in [2.75, 3.05) is 26.7 Å². The highest BCUT2D eigenvalue weighted by Gasteiger charge is 2.46. The molecule has 2 aliphatic rings. The van der Waals surface area contributed by atoms with Gasteiger partial charge in [0.1, 0.15) is 11.6 Å². The van der Waals surface area contributed by atoms with Gasteiger partial charge in [-0.05, 0) is 41.8 Å². The number of piperidine rings is 1. The molecule has 28 heavy (non-hydrogen) atoms. The molecule has 4 nitrogen and oxygen atoms in total. The maximum Gasteiger partial charge on any atom is 0.219 e. The number of nitrogens with zero attached hydrogens (tertiary/aromatic N) is 2. The highest BCUT2D eigenvalue weighted by molar-refractivity contribution is 5.74. The van der Waals surface area contributed by atoms with Crippen LogP contribution in [0.25, 0.3) is 0 Å². The van der Waals surface area contributed by atoms with Crippen LogP contribution in [0, 0.1) is 11.7 Å². The SMILES string of the molecule is COc1ccc([C@H]2CN(C(C)=O)[C@@H]3CCN(Cc4ccc(F)cc4)C[C@H]23)cc1. The van der Waals surface area contributed by atoms with E-state index in [0.29, 0.717) is 17.9 Å². The van der Waals surface area contributed by atoms with Crippen molar-refractivity contribution in [2.24, 2.45) is 5.92 Å². The third kappa shape index (κ3) is 3.76. The van der Waals surface area contributed by atoms with Crippen molar-refractivity contribution < 1.29 is 13.9 Å². The van der Waals surface area contributed by atoms with E-state index in [-0.39, 0.29) is 11.7 Å². The zero-order valence-corrected chi connectivity index (χ0v) is 16.5. The van der Waals surface area contributed by atoms with E-state index in [1.807, 2.05) is 24.3 Å². The Kier molecular flexibility index (Phi) is 5.36. The molecule has 2 heterocycles. The summed E-state index contributed by atoms with van der Waals surface area (Å²) in [7, 11) is 1.67. The lowest BCUT2D eigenvalue weighted by Gasteiger charge is -2.38. The minimum Gasteiger partial charge on any atom is -0.497 e. The van der Waals surface area contributed by atoms with Gasteiger partial charge >= 0.3 is 0 Å². The average molecular weight is 382 g/mol. The molecule has 2 aliphatic heterocycles. The van der Waals surface area contributed by atoms with Crippen LogP contribution >= 0.6 is 0 Å². The van der Waals surface area contributed by atoms with Gasteiger partial charge in [-0.2, -0.15) is 0 Å². The van der Waals surface area contributed by atoms with Crippen LogP contribution in [0.15, 0.2) is 48.5 Å². The van der Waals surface area contributed by atoms with E-state index < -0.39 is 0 Å². The topological polar surface area (TPSA) is 32.8 Å². The summed E-state index contributed by atoms with van der Waals surface area (Å²) in [6.45, 7) is 5.18. The first kappa shape index (κ1) is 18.9. The lowest BCUT2D eigenvalue weighted by atomic mass is 9.81. The second-order valence-electron chi connectivity index (χ2n) is 7.93. The number of methoxy groups -OCH3 is 1. The van der Waals surface area contributed by atoms with Gasteiger partial charge < -0.3 is 9.64 Å². The summed E-state index contributed by atoms with van der Waals surface area (Å²) >= 11 is 0. The van der Waals surface area contributed by atoms with E-state index in [4.69, 9.17) is 4.74 Å². The van der Waals surface area contributed by atoms with Crippen molar-refractivity contribution in [3.63, 3.8) is 0 Å². The van der Waals surface area contributed by atoms with Crippen LogP contribution < -0.4 is 4.74 Å². The zero-order valence-electron chi connectivity index (χ0n) is 16.5. The quantitative estimate of drug-likeness (QED) is 0.809. The summed E-state index contributed by atoms with van der Waals surface area (Å²) in [6.07, 6.45) is 0.984. The van der Waals surface area contributed by atoms with Crippen LogP contribution in [0.3, 0.4) is 0 Å². The number of fused-ring (bicyclic) bond motifs is 1. The van der Waals surface area contributed by atoms with Crippen LogP contribution in [0.1, 0.15) is 30.4 Å². The smallest absolute Gasteiger partial charge is 0.219 e. The fourth-order valence-electron chi connectivity index (χ4n) is 4.86. The molecule has 3 atom stereocenters. The number of ether oxygens (including phenoxy) is 1. The third-order valence-corrected chi connectivity index (χ3v) is 6.28. The molecule has 0 radical (unpaired) electrons. The molecule has 0 N–H and O–H groups in total. The average Bonchev–Trinajstić information content (AvgIpc) is 3.09. The number of amides is 1. The lowest BCUT2D eigenvalue weighted by molar-refractivity contribution is -0.130. The Bertz CT molecular complexity index is 822. The molecule has 0 aliphatic carbocycles. The molecule has 148 valence electrons. The minimum atomic E-state index is -0.199. The summed E-state index contributed by atoms with van der Waals surface area (Å²) in [5.74, 6) is 1.55. The predicted molar refractivity (Wildman–Crippen MR) is 107 cm³/mol. The molecule has 2 saturated heterocycles. The molecule has 0 spiro atoms. The molecule has 0 saturated carbocycles. The standard InChI is InChI=1S/C23H27FN2O2/c1-16(27)26-15-21(18-5-9-20(28-2)10-6-18)22-14-25(12-11-23(22)26)13-17-3-7-19(24)8-4-17/h3-10,21-23H,11-15H2,1-2H3/t21-,22-,23-/m1/s1. The third-order valence-electron chi connectivity index (χ3n) is 6.28. The van der Waals surface area contributed by atoms with Crippen molar-refractivity contribution in [1.82, 2.24) is 9.80 Å². The Balaban J connectivity index is 1.53. The monoisotopic (exact) mass is 382 g/mol. The van der Waals surface area contributed by atoms with Gasteiger partial charge in [0, 0.05) is 51.0 Å². The van der Waals surface area contributed by atoms with Gasteiger partial charge in [0.05, 0.1) is 7.11 Å². The zero-order chi connectivity index (χ0) is 19.7. The van der Waals surface area contributed by atoms with Crippen molar-refractivity contribution in [2.45, 2.75) is 31.8 Å². The second kappa shape index (κ2) is 7.92. The fraction of sp³-hybridized carbons (Fsp3) is 0.435. The van der Waals surface area contributed by atoms with Crippen molar-refractivity contribution in [3.05, 3.63) is 65.5 Å². The summed E-state index contributed by atoms with van der Waals surface area (Å²) in [6, 6.07) is 15.3. The highest BCUT2D eigenvalue weighted by Crippen LogP contribution is 2.42. The first-order valence-corrected chi connectivity index (χ1v) is 9.93. The fourth-order valence-corrected chi connectivity index (χ4v) is 4.86. The first-order valence-electron chi connectivity index (χ1n) is 9.93. The summed E-state index contributed by atoms with van der Waals surface area (Å²) < 4.78 is 18.5. The number of hydrogen-bond donors (Lipinski definition) is 0. The maximum absolute atomic E-state index is 13.2. The second-order valence-corrected chi connectivity index (χ2v) is 7.93. The van der Waals surface area contributed by atoms with Gasteiger partial charge in [-0.1, -0.05) is 24.3 Å². The highest BCUT2D eigenvalue weighted by atomic mass is 19.1. The number of halogens is 1. The van der Waals surface area contributed by atoms with Crippen LogP contribution in [-0.4, -0.2) is 48.5 Å². The number of rotatable bonds is 4. The van der Waals surface area contributed by atoms with E-state index in [9.17, 15) is 9.18 Å². The Morgan fingerprint density at radius 1 is 1.11 bits per heavy atom. The van der Waals surface area contributed by atoms with E-state index >= 15 is 0 Å². The van der Waals surface area contributed by atoms with Crippen molar-refractivity contribution in [3.8, 4) is 5.75 Å². The molecule has 1 amide bonds. The lowest BCUT2D eigenvalue weighted by Crippen LogP contribution is -2.47. The Hall–Kier alpha value is -2.40. The van der Waals surface area contributed by atoms with E-state index in [1.54, 1.807) is 14.0 Å². The van der Waals surface area contributed by atoms with Crippen LogP contribution in [-0.2, 0) is 11.3 Å². The van der Waals surface area contributed by atoms with Crippen LogP contribution in [0.2, 0.25) is 0 Å². The van der Waals surface area contributed by atoms with Crippen molar-refractivity contribution >= 4 is 5.91 Å². The molecule has 2 aromatic rings. The van der Waals surface area contributed by atoms with Crippen LogP contribution in [0.5, 0.6) is 5.75 Å². The van der Waals surface area contributed by atoms with Gasteiger partial charge in [-0.3, -0.25) is 9.69 Å². The van der Waals surface area contributed by atoms with Gasteiger partial charge in [-0.25, -0.2) is 4.39 Å². The molecular formula is C23H27FN2O2. The molecule has 2 aromatic carbocycles. The van der Waals surface area contributed by atoms with Gasteiger partial charge in [0.15, 0.2) is 0 Å². The first-order chi connectivity index (χ1) is 13.5. The van der Waals surface area contributed by atoms with E-state index in [1.165, 1.54) is 17.7 Å². The molecule has 0 bridgehead atoms. The normalized spacial score (nSPS) is 24.8. The Morgan fingerprint density at radius 2 is 1.82 bits per heavy atom. The Labute approximate surface area is 165 Å². The maximum atomic E-state index is 13.2. The summed E-state index contributed by atoms with van der Waals surface area (Å²) in [5, 5.41) is 0. The number of carbonyl (C=O) groups excluding carboxylic acids is 1. The molecule has 5 heteroatoms. The Morgan fingerprint density at radius 3 is 2.46 bits per heavy atom. The predicted octanol–water partition coefficient (Wildman–Crippen LogP) is 3.67. The summed E-state index contributed by atoms with van der Waals surface area (Å²) in [5.41, 5.74) is 2.39. The molecular weight excluding hydrogens is 355 g/mol.